The number of hydrogen-bond acceptors (Lipinski definition) is 3. The molecule has 0 bridgehead atoms. The zero-order valence-corrected chi connectivity index (χ0v) is 17.5. The van der Waals surface area contributed by atoms with E-state index in [4.69, 9.17) is 16.7 Å². The Morgan fingerprint density at radius 1 is 1.53 bits per heavy atom. The Hall–Kier alpha value is -1.61. The van der Waals surface area contributed by atoms with Gasteiger partial charge in [0.1, 0.15) is 0 Å². The van der Waals surface area contributed by atoms with Gasteiger partial charge in [-0.05, 0) is 13.8 Å². The molecule has 0 aliphatic heterocycles. The summed E-state index contributed by atoms with van der Waals surface area (Å²) in [6.45, 7) is 3.93. The second kappa shape index (κ2) is 6.21. The Morgan fingerprint density at radius 2 is 2.18 bits per heavy atom. The molecule has 0 amide bonds. The smallest absolute Gasteiger partial charge is 0.0879 e. The van der Waals surface area contributed by atoms with Crippen molar-refractivity contribution in [3.8, 4) is 0 Å². The Labute approximate surface area is 101 Å². The van der Waals surface area contributed by atoms with E-state index in [1.54, 1.807) is 18.2 Å². The van der Waals surface area contributed by atoms with Gasteiger partial charge >= 0.3 is 0 Å². The van der Waals surface area contributed by atoms with Crippen LogP contribution in [0.5, 0.6) is 0 Å². The zero-order chi connectivity index (χ0) is 12.2. The summed E-state index contributed by atoms with van der Waals surface area (Å²) >= 11 is 5.95. The molecule has 3 nitrogen and oxygen atoms in total. The van der Waals surface area contributed by atoms with Gasteiger partial charge in [0.15, 0.2) is 0 Å². The Bertz CT molecular complexity index is 342. The molecule has 0 radical (unpaired) electrons. The molecule has 1 aromatic carbocycles. The van der Waals surface area contributed by atoms with Crippen molar-refractivity contribution in [2.24, 2.45) is 0 Å². The van der Waals surface area contributed by atoms with Crippen LogP contribution in [0.15, 0.2) is 18.2 Å². The first-order valence-electron chi connectivity index (χ1n) is 5.16. The minimum Gasteiger partial charge on any atom is -0.394 e. The predicted octanol–water partition coefficient (Wildman–Crippen LogP) is 1.58. The largest absolute Gasteiger partial charge is 0.394 e. The Balaban J connectivity index is 0.00000256. The monoisotopic (exact) mass is 511 g/mol. The van der Waals surface area contributed by atoms with Crippen molar-refractivity contribution in [2.45, 2.75) is 31.6 Å². The van der Waals surface area contributed by atoms with E-state index in [1.165, 1.54) is 0 Å². The third kappa shape index (κ3) is 5.31. The number of nitrogens with one attached hydrogen (secondary N) is 1. The van der Waals surface area contributed by atoms with Crippen LogP contribution in [0.4, 0.5) is 0 Å². The number of aliphatic hydroxyl groups is 2. The molecule has 1 rings (SSSR count). The first kappa shape index (κ1) is 15.4. The first-order chi connectivity index (χ1) is 7.42. The summed E-state index contributed by atoms with van der Waals surface area (Å²) in [7, 11) is 0. The molecule has 0 heterocycles. The molecule has 0 fully saturated rings. The number of alkyl halides is 1. The van der Waals surface area contributed by atoms with Crippen molar-refractivity contribution in [3.05, 3.63) is 35.4 Å². The van der Waals surface area contributed by atoms with E-state index >= 15 is 0 Å². The van der Waals surface area contributed by atoms with Crippen LogP contribution in [0, 0.1) is 6.07 Å². The minimum absolute atomic E-state index is 0. The van der Waals surface area contributed by atoms with E-state index in [9.17, 15) is 5.11 Å². The molecule has 0 saturated heterocycles. The second-order valence-electron chi connectivity index (χ2n) is 4.17. The number of hydrogen-bond donors (Lipinski definition) is 3. The third-order valence-corrected chi connectivity index (χ3v) is 2.29. The summed E-state index contributed by atoms with van der Waals surface area (Å²) in [5, 5.41) is 21.8. The molecule has 1 aromatic rings. The van der Waals surface area contributed by atoms with Crippen LogP contribution in [0.3, 0.4) is 0 Å². The third-order valence-electron chi connectivity index (χ3n) is 2.16. The van der Waals surface area contributed by atoms with Crippen LogP contribution >= 0.6 is 11.6 Å². The molecular weight excluding hydrogens is 495 g/mol. The fraction of sp³-hybridized carbons (Fsp3) is 0.500. The summed E-state index contributed by atoms with van der Waals surface area (Å²) in [6.07, 6.45) is -0.641. The van der Waals surface area contributed by atoms with Gasteiger partial charge in [0, 0.05) is 13.2 Å². The molecule has 0 saturated carbocycles. The molecule has 0 aliphatic carbocycles. The van der Waals surface area contributed by atoms with Crippen molar-refractivity contribution in [1.29, 1.82) is 0 Å². The van der Waals surface area contributed by atoms with Crippen LogP contribution < -0.4 is 5.32 Å². The predicted molar refractivity (Wildman–Crippen MR) is 64.1 cm³/mol. The molecule has 0 spiro atoms. The van der Waals surface area contributed by atoms with E-state index in [2.05, 4.69) is 11.4 Å². The SMILES string of the molecule is CC(C)(Cl)NCC(O)c1cc[c-]c(CO)c1.[Hs]. The van der Waals surface area contributed by atoms with Gasteiger partial charge in [-0.25, -0.2) is 0 Å². The van der Waals surface area contributed by atoms with Crippen LogP contribution in [0.1, 0.15) is 31.1 Å². The molecular formula is C12H17ClHsNO2-. The molecule has 1 atom stereocenters. The van der Waals surface area contributed by atoms with Crippen LogP contribution in [0.25, 0.3) is 0 Å². The molecule has 1 unspecified atom stereocenters. The van der Waals surface area contributed by atoms with E-state index in [0.29, 0.717) is 12.1 Å². The van der Waals surface area contributed by atoms with Crippen LogP contribution in [0.2, 0.25) is 0 Å². The van der Waals surface area contributed by atoms with Crippen molar-refractivity contribution in [3.63, 3.8) is 0 Å². The normalized spacial score (nSPS) is 13.0. The fourth-order valence-electron chi connectivity index (χ4n) is 1.29. The number of rotatable bonds is 5. The van der Waals surface area contributed by atoms with Gasteiger partial charge in [-0.1, -0.05) is 0 Å². The minimum atomic E-state index is -0.641. The maximum Gasteiger partial charge on any atom is 0.0879 e. The van der Waals surface area contributed by atoms with Gasteiger partial charge in [-0.15, -0.1) is 22.7 Å². The van der Waals surface area contributed by atoms with Gasteiger partial charge in [0.25, 0.3) is 0 Å². The van der Waals surface area contributed by atoms with Crippen molar-refractivity contribution in [1.82, 2.24) is 5.32 Å². The molecule has 3 N–H and O–H groups in total. The molecule has 17 heavy (non-hydrogen) atoms. The summed E-state index contributed by atoms with van der Waals surface area (Å²) in [5.74, 6) is 0. The van der Waals surface area contributed by atoms with E-state index in [-0.39, 0.29) is 6.61 Å². The Morgan fingerprint density at radius 3 is 2.71 bits per heavy atom. The summed E-state index contributed by atoms with van der Waals surface area (Å²) in [5.41, 5.74) is 1.41. The number of aliphatic hydroxyl groups excluding tert-OH is 2. The first-order valence-corrected chi connectivity index (χ1v) is 5.53. The van der Waals surface area contributed by atoms with Crippen LogP contribution in [-0.2, 0) is 6.61 Å². The topological polar surface area (TPSA) is 52.5 Å². The second-order valence-corrected chi connectivity index (χ2v) is 5.12. The van der Waals surface area contributed by atoms with Crippen LogP contribution in [-0.4, -0.2) is 21.8 Å². The van der Waals surface area contributed by atoms with Crippen molar-refractivity contribution >= 4 is 11.6 Å². The maximum atomic E-state index is 9.89. The average molecular weight is 512 g/mol. The number of halogens is 1. The van der Waals surface area contributed by atoms with E-state index in [1.807, 2.05) is 13.8 Å². The molecule has 0 aliphatic rings. The summed E-state index contributed by atoms with van der Waals surface area (Å²) in [4.78, 5) is -0.540. The number of benzene rings is 1. The van der Waals surface area contributed by atoms with E-state index in [0.717, 1.165) is 5.56 Å². The van der Waals surface area contributed by atoms with Gasteiger partial charge < -0.3 is 10.2 Å². The zero-order valence-electron chi connectivity index (χ0n) is 10.2. The van der Waals surface area contributed by atoms with Gasteiger partial charge in [-0.3, -0.25) is 5.32 Å². The maximum absolute atomic E-state index is 9.89. The standard InChI is InChI=1S/C12H17ClNO2.Hs/c1-12(2,13)14-7-11(16)10-5-3-4-9(6-10)8-15;/h3,5-6,11,14-16H,7-8H2,1-2H3;/q-1;. The van der Waals surface area contributed by atoms with E-state index < -0.39 is 11.1 Å². The van der Waals surface area contributed by atoms with Gasteiger partial charge in [-0.2, -0.15) is 24.3 Å². The van der Waals surface area contributed by atoms with Gasteiger partial charge in [0.2, 0.25) is 0 Å². The Kier molecular flexibility index (Phi) is 5.62. The summed E-state index contributed by atoms with van der Waals surface area (Å²) in [6, 6.07) is 8.07. The molecule has 5 heteroatoms. The summed E-state index contributed by atoms with van der Waals surface area (Å²) < 4.78 is 0. The average Bonchev–Trinajstić information content (AvgIpc) is 2.25. The van der Waals surface area contributed by atoms with Crippen molar-refractivity contribution in [2.75, 3.05) is 6.54 Å². The molecule has 92 valence electrons. The van der Waals surface area contributed by atoms with Crippen molar-refractivity contribution < 1.29 is 10.2 Å². The quantitative estimate of drug-likeness (QED) is 0.320. The fourth-order valence-corrected chi connectivity index (χ4v) is 1.37. The van der Waals surface area contributed by atoms with Gasteiger partial charge in [0.05, 0.1) is 11.1 Å². The molecule has 0 aromatic heterocycles.